The average Bonchev–Trinajstić information content (AvgIpc) is 3.61. The Morgan fingerprint density at radius 2 is 1.74 bits per heavy atom. The van der Waals surface area contributed by atoms with Crippen molar-refractivity contribution in [2.45, 2.75) is 19.9 Å². The van der Waals surface area contributed by atoms with Crippen LogP contribution in [-0.4, -0.2) is 40.5 Å². The van der Waals surface area contributed by atoms with E-state index in [0.717, 1.165) is 17.0 Å². The minimum absolute atomic E-state index is 0.174. The number of methoxy groups -OCH3 is 2. The zero-order valence-electron chi connectivity index (χ0n) is 25.2. The fourth-order valence-corrected chi connectivity index (χ4v) is 6.32. The number of ether oxygens (including phenoxy) is 3. The molecule has 0 radical (unpaired) electrons. The second-order valence-electron chi connectivity index (χ2n) is 10.3. The van der Waals surface area contributed by atoms with Crippen LogP contribution in [0.25, 0.3) is 23.0 Å². The van der Waals surface area contributed by atoms with Gasteiger partial charge >= 0.3 is 11.9 Å². The lowest BCUT2D eigenvalue weighted by Crippen LogP contribution is -2.39. The normalized spacial score (nSPS) is 14.5. The lowest BCUT2D eigenvalue weighted by Gasteiger charge is -2.25. The van der Waals surface area contributed by atoms with E-state index in [0.29, 0.717) is 37.4 Å². The number of hydrogen-bond donors (Lipinski definition) is 0. The number of allylic oxidation sites excluding steroid dienone is 1. The Hall–Kier alpha value is -5.62. The number of thiazole rings is 1. The number of halogens is 1. The average molecular weight is 639 g/mol. The van der Waals surface area contributed by atoms with Gasteiger partial charge < -0.3 is 14.2 Å². The van der Waals surface area contributed by atoms with Gasteiger partial charge in [0.15, 0.2) is 16.3 Å². The molecule has 0 saturated heterocycles. The van der Waals surface area contributed by atoms with Crippen LogP contribution in [0.3, 0.4) is 0 Å². The second-order valence-corrected chi connectivity index (χ2v) is 11.3. The molecule has 2 aromatic heterocycles. The van der Waals surface area contributed by atoms with Gasteiger partial charge in [-0.1, -0.05) is 35.6 Å². The number of rotatable bonds is 7. The molecular formula is C34H27FN4O6S. The highest BCUT2D eigenvalue weighted by Crippen LogP contribution is 2.36. The maximum absolute atomic E-state index is 14.2. The van der Waals surface area contributed by atoms with Crippen molar-refractivity contribution in [3.63, 3.8) is 0 Å². The molecule has 1 unspecified atom stereocenters. The third-order valence-electron chi connectivity index (χ3n) is 7.35. The minimum Gasteiger partial charge on any atom is -0.493 e. The first-order chi connectivity index (χ1) is 22.2. The first-order valence-corrected chi connectivity index (χ1v) is 14.9. The van der Waals surface area contributed by atoms with E-state index in [1.807, 2.05) is 30.3 Å². The molecule has 6 rings (SSSR count). The Morgan fingerprint density at radius 3 is 2.41 bits per heavy atom. The van der Waals surface area contributed by atoms with Gasteiger partial charge in [-0.2, -0.15) is 5.10 Å². The number of carbonyl (C=O) groups is 2. The summed E-state index contributed by atoms with van der Waals surface area (Å²) in [5.74, 6) is -1.12. The SMILES string of the molecule is COC(=O)C1=C(C)N=c2s/c(=C/c3cn(-c4ccccc4)nc3-c3ccc(F)cc3)c(=O)n2C1c1ccc(OC(C)=O)c(OC)c1. The Labute approximate surface area is 265 Å². The van der Waals surface area contributed by atoms with Crippen LogP contribution in [0.1, 0.15) is 31.0 Å². The van der Waals surface area contributed by atoms with E-state index >= 15 is 0 Å². The van der Waals surface area contributed by atoms with E-state index in [9.17, 15) is 18.8 Å². The summed E-state index contributed by atoms with van der Waals surface area (Å²) in [5.41, 5.74) is 3.30. The topological polar surface area (TPSA) is 114 Å². The minimum atomic E-state index is -0.922. The maximum atomic E-state index is 14.2. The summed E-state index contributed by atoms with van der Waals surface area (Å²) in [6.45, 7) is 2.95. The molecule has 1 aliphatic heterocycles. The molecule has 0 spiro atoms. The highest BCUT2D eigenvalue weighted by molar-refractivity contribution is 7.07. The molecular weight excluding hydrogens is 611 g/mol. The number of aromatic nitrogens is 3. The van der Waals surface area contributed by atoms with Crippen molar-refractivity contribution in [3.8, 4) is 28.4 Å². The predicted molar refractivity (Wildman–Crippen MR) is 169 cm³/mol. The summed E-state index contributed by atoms with van der Waals surface area (Å²) in [7, 11) is 2.69. The smallest absolute Gasteiger partial charge is 0.338 e. The van der Waals surface area contributed by atoms with E-state index in [2.05, 4.69) is 4.99 Å². The molecule has 0 saturated carbocycles. The number of hydrogen-bond acceptors (Lipinski definition) is 9. The number of esters is 2. The van der Waals surface area contributed by atoms with Crippen molar-refractivity contribution in [1.82, 2.24) is 14.3 Å². The Kier molecular flexibility index (Phi) is 8.20. The van der Waals surface area contributed by atoms with Crippen molar-refractivity contribution in [3.05, 3.63) is 127 Å². The van der Waals surface area contributed by atoms with Gasteiger partial charge in [0.1, 0.15) is 11.5 Å². The van der Waals surface area contributed by atoms with E-state index in [4.69, 9.17) is 19.3 Å². The molecule has 46 heavy (non-hydrogen) atoms. The van der Waals surface area contributed by atoms with E-state index in [-0.39, 0.29) is 22.9 Å². The lowest BCUT2D eigenvalue weighted by atomic mass is 9.95. The fourth-order valence-electron chi connectivity index (χ4n) is 5.28. The first kappa shape index (κ1) is 30.4. The molecule has 12 heteroatoms. The van der Waals surface area contributed by atoms with E-state index in [1.165, 1.54) is 37.8 Å². The zero-order valence-corrected chi connectivity index (χ0v) is 26.0. The zero-order chi connectivity index (χ0) is 32.5. The fraction of sp³-hybridized carbons (Fsp3) is 0.147. The summed E-state index contributed by atoms with van der Waals surface area (Å²) in [4.78, 5) is 44.0. The van der Waals surface area contributed by atoms with Crippen molar-refractivity contribution in [1.29, 1.82) is 0 Å². The highest BCUT2D eigenvalue weighted by atomic mass is 32.1. The van der Waals surface area contributed by atoms with Crippen molar-refractivity contribution < 1.29 is 28.2 Å². The van der Waals surface area contributed by atoms with Crippen LogP contribution in [-0.2, 0) is 14.3 Å². The molecule has 5 aromatic rings. The lowest BCUT2D eigenvalue weighted by molar-refractivity contribution is -0.136. The Bertz CT molecular complexity index is 2200. The number of benzene rings is 3. The highest BCUT2D eigenvalue weighted by Gasteiger charge is 2.34. The molecule has 1 aliphatic rings. The maximum Gasteiger partial charge on any atom is 0.338 e. The standard InChI is InChI=1S/C34H27FN4O6S/c1-19-29(33(42)44-4)31(22-12-15-26(45-20(2)40)27(16-22)43-3)39-32(41)28(46-34(39)36-19)17-23-18-38(25-8-6-5-7-9-25)37-30(23)21-10-13-24(35)14-11-21/h5-18,31H,1-4H3/b28-17+. The molecule has 0 bridgehead atoms. The molecule has 232 valence electrons. The van der Waals surface area contributed by atoms with Crippen LogP contribution in [0.4, 0.5) is 4.39 Å². The second kappa shape index (κ2) is 12.4. The summed E-state index contributed by atoms with van der Waals surface area (Å²) in [6, 6.07) is 19.3. The van der Waals surface area contributed by atoms with E-state index < -0.39 is 23.5 Å². The summed E-state index contributed by atoms with van der Waals surface area (Å²) in [5, 5.41) is 4.77. The molecule has 0 N–H and O–H groups in total. The van der Waals surface area contributed by atoms with Crippen LogP contribution in [0.5, 0.6) is 11.5 Å². The van der Waals surface area contributed by atoms with Crippen LogP contribution < -0.4 is 24.4 Å². The monoisotopic (exact) mass is 638 g/mol. The van der Waals surface area contributed by atoms with Crippen molar-refractivity contribution >= 4 is 29.4 Å². The van der Waals surface area contributed by atoms with Gasteiger partial charge in [0.25, 0.3) is 5.56 Å². The van der Waals surface area contributed by atoms with Crippen LogP contribution in [0, 0.1) is 5.82 Å². The molecule has 3 heterocycles. The first-order valence-electron chi connectivity index (χ1n) is 14.1. The predicted octanol–water partition coefficient (Wildman–Crippen LogP) is 4.33. The Morgan fingerprint density at radius 1 is 1.00 bits per heavy atom. The van der Waals surface area contributed by atoms with Gasteiger partial charge in [-0.05, 0) is 67.1 Å². The van der Waals surface area contributed by atoms with Gasteiger partial charge in [0.2, 0.25) is 0 Å². The third-order valence-corrected chi connectivity index (χ3v) is 8.33. The Balaban J connectivity index is 1.56. The molecule has 0 amide bonds. The molecule has 3 aromatic carbocycles. The van der Waals surface area contributed by atoms with Crippen LogP contribution in [0.15, 0.2) is 100 Å². The summed E-state index contributed by atoms with van der Waals surface area (Å²) >= 11 is 1.16. The molecule has 10 nitrogen and oxygen atoms in total. The van der Waals surface area contributed by atoms with Gasteiger partial charge in [-0.15, -0.1) is 0 Å². The molecule has 1 atom stereocenters. The van der Waals surface area contributed by atoms with Gasteiger partial charge in [-0.25, -0.2) is 18.9 Å². The number of carbonyl (C=O) groups excluding carboxylic acids is 2. The van der Waals surface area contributed by atoms with Gasteiger partial charge in [-0.3, -0.25) is 14.2 Å². The molecule has 0 aliphatic carbocycles. The van der Waals surface area contributed by atoms with Gasteiger partial charge in [0, 0.05) is 24.2 Å². The van der Waals surface area contributed by atoms with Gasteiger partial charge in [0.05, 0.1) is 41.8 Å². The van der Waals surface area contributed by atoms with Crippen LogP contribution in [0.2, 0.25) is 0 Å². The molecule has 0 fully saturated rings. The quantitative estimate of drug-likeness (QED) is 0.193. The van der Waals surface area contributed by atoms with E-state index in [1.54, 1.807) is 54.2 Å². The number of fused-ring (bicyclic) bond motifs is 1. The largest absolute Gasteiger partial charge is 0.493 e. The summed E-state index contributed by atoms with van der Waals surface area (Å²) in [6.07, 6.45) is 3.51. The summed E-state index contributed by atoms with van der Waals surface area (Å²) < 4.78 is 33.1. The number of nitrogens with zero attached hydrogens (tertiary/aromatic N) is 4. The third kappa shape index (κ3) is 5.66. The van der Waals surface area contributed by atoms with Crippen molar-refractivity contribution in [2.75, 3.05) is 14.2 Å². The van der Waals surface area contributed by atoms with Crippen LogP contribution >= 0.6 is 11.3 Å². The van der Waals surface area contributed by atoms with Crippen molar-refractivity contribution in [2.24, 2.45) is 4.99 Å². The number of para-hydroxylation sites is 1.